The second kappa shape index (κ2) is 5.56. The van der Waals surface area contributed by atoms with Gasteiger partial charge < -0.3 is 34.9 Å². The molecule has 1 aliphatic rings. The average Bonchev–Trinajstić information content (AvgIpc) is 2.85. The Morgan fingerprint density at radius 1 is 1.10 bits per heavy atom. The maximum absolute atomic E-state index is 9.86. The lowest BCUT2D eigenvalue weighted by Gasteiger charge is -2.37. The predicted octanol–water partition coefficient (Wildman–Crippen LogP) is 0.0666. The minimum Gasteiger partial charge on any atom is -0.460 e. The van der Waals surface area contributed by atoms with Gasteiger partial charge in [0.15, 0.2) is 6.29 Å². The first kappa shape index (κ1) is 14.8. The van der Waals surface area contributed by atoms with E-state index in [1.165, 1.54) is 0 Å². The molecule has 114 valence electrons. The summed E-state index contributed by atoms with van der Waals surface area (Å²) in [6.45, 7) is 0. The summed E-state index contributed by atoms with van der Waals surface area (Å²) >= 11 is 3.35. The van der Waals surface area contributed by atoms with Gasteiger partial charge in [-0.15, -0.1) is 0 Å². The molecule has 7 nitrogen and oxygen atoms in total. The van der Waals surface area contributed by atoms with Crippen LogP contribution in [-0.2, 0) is 4.74 Å². The van der Waals surface area contributed by atoms with Crippen LogP contribution in [0.5, 0.6) is 5.75 Å². The Balaban J connectivity index is 1.86. The third-order valence-electron chi connectivity index (χ3n) is 3.39. The summed E-state index contributed by atoms with van der Waals surface area (Å²) in [5.74, 6) is 0.395. The van der Waals surface area contributed by atoms with Crippen LogP contribution in [-0.4, -0.2) is 56.3 Å². The monoisotopic (exact) mass is 359 g/mol. The first-order valence-corrected chi connectivity index (χ1v) is 7.07. The van der Waals surface area contributed by atoms with E-state index in [1.807, 2.05) is 18.2 Å². The van der Waals surface area contributed by atoms with E-state index in [2.05, 4.69) is 20.9 Å². The molecule has 5 atom stereocenters. The molecular weight excluding hydrogens is 346 g/mol. The lowest BCUT2D eigenvalue weighted by atomic mass is 10.0. The van der Waals surface area contributed by atoms with Gasteiger partial charge in [-0.25, -0.2) is 0 Å². The van der Waals surface area contributed by atoms with E-state index in [1.54, 1.807) is 6.20 Å². The molecule has 3 rings (SSSR count). The second-order valence-electron chi connectivity index (χ2n) is 4.83. The summed E-state index contributed by atoms with van der Waals surface area (Å²) in [5.41, 5.74) is 0.819. The zero-order valence-corrected chi connectivity index (χ0v) is 12.3. The Morgan fingerprint density at radius 3 is 2.62 bits per heavy atom. The summed E-state index contributed by atoms with van der Waals surface area (Å²) in [6, 6.07) is 5.52. The molecule has 0 bridgehead atoms. The number of hydrogen-bond donors (Lipinski definition) is 5. The molecule has 21 heavy (non-hydrogen) atoms. The molecule has 1 aliphatic heterocycles. The first-order valence-electron chi connectivity index (χ1n) is 6.28. The predicted molar refractivity (Wildman–Crippen MR) is 75.5 cm³/mol. The summed E-state index contributed by atoms with van der Waals surface area (Å²) in [7, 11) is 0. The van der Waals surface area contributed by atoms with E-state index in [0.29, 0.717) is 5.75 Å². The molecule has 0 unspecified atom stereocenters. The second-order valence-corrected chi connectivity index (χ2v) is 5.74. The number of hydrogen-bond acceptors (Lipinski definition) is 6. The Hall–Kier alpha value is -1.16. The number of aliphatic hydroxyl groups excluding tert-OH is 4. The largest absolute Gasteiger partial charge is 0.460 e. The summed E-state index contributed by atoms with van der Waals surface area (Å²) in [5, 5.41) is 39.1. The summed E-state index contributed by atoms with van der Waals surface area (Å²) in [6.07, 6.45) is -5.98. The fourth-order valence-corrected chi connectivity index (χ4v) is 2.58. The molecule has 8 heteroatoms. The number of aliphatic hydroxyl groups is 4. The van der Waals surface area contributed by atoms with Gasteiger partial charge in [0.2, 0.25) is 6.29 Å². The standard InChI is InChI=1S/C13H14BrNO6/c14-5-1-2-7-6(3-5)8(4-15-7)20-13-11(18)9(16)10(17)12(19)21-13/h1-4,9-13,15-19H/t9-,10+,11+,12-,13+/m0/s1. The van der Waals surface area contributed by atoms with Crippen molar-refractivity contribution in [2.75, 3.05) is 0 Å². The van der Waals surface area contributed by atoms with Crippen molar-refractivity contribution in [1.82, 2.24) is 4.98 Å². The molecular formula is C13H14BrNO6. The van der Waals surface area contributed by atoms with Gasteiger partial charge in [-0.05, 0) is 18.2 Å². The van der Waals surface area contributed by atoms with Crippen molar-refractivity contribution in [2.24, 2.45) is 0 Å². The molecule has 2 heterocycles. The van der Waals surface area contributed by atoms with E-state index >= 15 is 0 Å². The van der Waals surface area contributed by atoms with Crippen LogP contribution in [0, 0.1) is 0 Å². The molecule has 1 saturated heterocycles. The van der Waals surface area contributed by atoms with Crippen LogP contribution in [0.25, 0.3) is 10.9 Å². The first-order chi connectivity index (χ1) is 9.97. The number of ether oxygens (including phenoxy) is 2. The van der Waals surface area contributed by atoms with Crippen molar-refractivity contribution in [1.29, 1.82) is 0 Å². The minimum atomic E-state index is -1.63. The van der Waals surface area contributed by atoms with Crippen LogP contribution < -0.4 is 4.74 Å². The summed E-state index contributed by atoms with van der Waals surface area (Å²) in [4.78, 5) is 2.99. The number of aromatic nitrogens is 1. The van der Waals surface area contributed by atoms with Crippen LogP contribution in [0.4, 0.5) is 0 Å². The Labute approximate surface area is 127 Å². The molecule has 0 aliphatic carbocycles. The van der Waals surface area contributed by atoms with Crippen LogP contribution in [0.1, 0.15) is 0 Å². The molecule has 1 aromatic carbocycles. The molecule has 1 aromatic heterocycles. The van der Waals surface area contributed by atoms with E-state index in [0.717, 1.165) is 15.4 Å². The van der Waals surface area contributed by atoms with Gasteiger partial charge in [0, 0.05) is 21.6 Å². The van der Waals surface area contributed by atoms with Crippen molar-refractivity contribution in [3.63, 3.8) is 0 Å². The van der Waals surface area contributed by atoms with Crippen LogP contribution in [0.15, 0.2) is 28.9 Å². The molecule has 0 radical (unpaired) electrons. The number of rotatable bonds is 2. The Bertz CT molecular complexity index is 647. The summed E-state index contributed by atoms with van der Waals surface area (Å²) < 4.78 is 11.3. The van der Waals surface area contributed by atoms with Gasteiger partial charge in [0.1, 0.15) is 24.1 Å². The number of nitrogens with one attached hydrogen (secondary N) is 1. The van der Waals surface area contributed by atoms with Crippen LogP contribution in [0.2, 0.25) is 0 Å². The smallest absolute Gasteiger partial charge is 0.231 e. The van der Waals surface area contributed by atoms with E-state index in [9.17, 15) is 20.4 Å². The van der Waals surface area contributed by atoms with Crippen LogP contribution in [0.3, 0.4) is 0 Å². The number of H-pyrrole nitrogens is 1. The number of benzene rings is 1. The lowest BCUT2D eigenvalue weighted by Crippen LogP contribution is -2.59. The highest BCUT2D eigenvalue weighted by molar-refractivity contribution is 9.10. The highest BCUT2D eigenvalue weighted by atomic mass is 79.9. The van der Waals surface area contributed by atoms with Crippen LogP contribution >= 0.6 is 15.9 Å². The third kappa shape index (κ3) is 2.66. The van der Waals surface area contributed by atoms with Crippen molar-refractivity contribution < 1.29 is 29.9 Å². The maximum Gasteiger partial charge on any atom is 0.231 e. The van der Waals surface area contributed by atoms with E-state index < -0.39 is 30.9 Å². The van der Waals surface area contributed by atoms with Crippen molar-refractivity contribution in [3.05, 3.63) is 28.9 Å². The van der Waals surface area contributed by atoms with E-state index in [4.69, 9.17) is 9.47 Å². The zero-order valence-electron chi connectivity index (χ0n) is 10.7. The highest BCUT2D eigenvalue weighted by Crippen LogP contribution is 2.31. The van der Waals surface area contributed by atoms with Crippen molar-refractivity contribution >= 4 is 26.8 Å². The van der Waals surface area contributed by atoms with Crippen molar-refractivity contribution in [2.45, 2.75) is 30.9 Å². The topological polar surface area (TPSA) is 115 Å². The molecule has 0 saturated carbocycles. The molecule has 0 spiro atoms. The number of fused-ring (bicyclic) bond motifs is 1. The molecule has 2 aromatic rings. The molecule has 0 amide bonds. The zero-order chi connectivity index (χ0) is 15.1. The Morgan fingerprint density at radius 2 is 1.86 bits per heavy atom. The SMILES string of the molecule is O[C@H]1[C@@H](O)[C@@H](O)O[C@@H](Oc2c[nH]c3ccc(Br)cc23)[C@@H]1O. The molecule has 5 N–H and O–H groups in total. The van der Waals surface area contributed by atoms with Gasteiger partial charge >= 0.3 is 0 Å². The fraction of sp³-hybridized carbons (Fsp3) is 0.385. The highest BCUT2D eigenvalue weighted by Gasteiger charge is 2.44. The van der Waals surface area contributed by atoms with Gasteiger partial charge in [0.05, 0.1) is 0 Å². The Kier molecular flexibility index (Phi) is 3.91. The third-order valence-corrected chi connectivity index (χ3v) is 3.89. The number of aromatic amines is 1. The maximum atomic E-state index is 9.86. The molecule has 1 fully saturated rings. The van der Waals surface area contributed by atoms with Gasteiger partial charge in [-0.2, -0.15) is 0 Å². The minimum absolute atomic E-state index is 0.395. The normalized spacial score (nSPS) is 33.3. The van der Waals surface area contributed by atoms with E-state index in [-0.39, 0.29) is 0 Å². The van der Waals surface area contributed by atoms with Gasteiger partial charge in [0.25, 0.3) is 0 Å². The fourth-order valence-electron chi connectivity index (χ4n) is 2.22. The number of halogens is 1. The van der Waals surface area contributed by atoms with Gasteiger partial charge in [-0.3, -0.25) is 0 Å². The van der Waals surface area contributed by atoms with Crippen molar-refractivity contribution in [3.8, 4) is 5.75 Å². The average molecular weight is 360 g/mol. The van der Waals surface area contributed by atoms with Gasteiger partial charge in [-0.1, -0.05) is 15.9 Å². The lowest BCUT2D eigenvalue weighted by molar-refractivity contribution is -0.321. The quantitative estimate of drug-likeness (QED) is 0.518.